The van der Waals surface area contributed by atoms with Crippen LogP contribution >= 0.6 is 0 Å². The van der Waals surface area contributed by atoms with Gasteiger partial charge in [-0.15, -0.1) is 0 Å². The molecule has 0 aliphatic carbocycles. The topological polar surface area (TPSA) is 75.5 Å². The first-order chi connectivity index (χ1) is 9.99. The van der Waals surface area contributed by atoms with Crippen LogP contribution in [-0.2, 0) is 4.79 Å². The van der Waals surface area contributed by atoms with Gasteiger partial charge in [-0.1, -0.05) is 0 Å². The van der Waals surface area contributed by atoms with Gasteiger partial charge in [0.1, 0.15) is 11.5 Å². The van der Waals surface area contributed by atoms with E-state index in [1.54, 1.807) is 11.8 Å². The molecule has 1 fully saturated rings. The molecule has 0 atom stereocenters. The van der Waals surface area contributed by atoms with Gasteiger partial charge in [-0.2, -0.15) is 0 Å². The fourth-order valence-electron chi connectivity index (χ4n) is 2.39. The summed E-state index contributed by atoms with van der Waals surface area (Å²) in [6.07, 6.45) is 2.33. The summed E-state index contributed by atoms with van der Waals surface area (Å²) < 4.78 is 13.4. The Hall–Kier alpha value is -2.18. The Balaban J connectivity index is 1.97. The second-order valence-corrected chi connectivity index (χ2v) is 5.14. The lowest BCUT2D eigenvalue weighted by Crippen LogP contribution is -2.29. The molecule has 6 nitrogen and oxygen atoms in total. The number of aryl methyl sites for hydroxylation is 1. The summed E-state index contributed by atoms with van der Waals surface area (Å²) in [5.74, 6) is -0.568. The molecule has 114 valence electrons. The summed E-state index contributed by atoms with van der Waals surface area (Å²) in [6.45, 7) is 3.41. The molecule has 1 heterocycles. The van der Waals surface area contributed by atoms with Gasteiger partial charge in [0.25, 0.3) is 5.69 Å². The summed E-state index contributed by atoms with van der Waals surface area (Å²) in [5, 5.41) is 13.8. The number of anilines is 1. The van der Waals surface area contributed by atoms with Crippen LogP contribution in [0.2, 0.25) is 0 Å². The molecule has 1 aromatic rings. The van der Waals surface area contributed by atoms with E-state index in [4.69, 9.17) is 0 Å². The number of likely N-dealkylation sites (tertiary alicyclic amines) is 1. The molecule has 0 radical (unpaired) electrons. The van der Waals surface area contributed by atoms with Crippen molar-refractivity contribution < 1.29 is 14.1 Å². The van der Waals surface area contributed by atoms with E-state index in [0.717, 1.165) is 32.0 Å². The molecule has 1 aliphatic rings. The predicted molar refractivity (Wildman–Crippen MR) is 76.7 cm³/mol. The Morgan fingerprint density at radius 3 is 2.71 bits per heavy atom. The van der Waals surface area contributed by atoms with Crippen LogP contribution < -0.4 is 5.32 Å². The van der Waals surface area contributed by atoms with Crippen LogP contribution in [0.25, 0.3) is 0 Å². The van der Waals surface area contributed by atoms with Gasteiger partial charge in [-0.25, -0.2) is 4.39 Å². The van der Waals surface area contributed by atoms with Crippen molar-refractivity contribution in [3.63, 3.8) is 0 Å². The van der Waals surface area contributed by atoms with Crippen LogP contribution in [0.1, 0.15) is 24.8 Å². The highest BCUT2D eigenvalue weighted by molar-refractivity contribution is 5.77. The molecule has 2 rings (SSSR count). The first-order valence-electron chi connectivity index (χ1n) is 6.95. The third-order valence-electron chi connectivity index (χ3n) is 3.59. The van der Waals surface area contributed by atoms with Gasteiger partial charge in [0.05, 0.1) is 11.0 Å². The lowest BCUT2D eigenvalue weighted by atomic mass is 10.1. The first-order valence-corrected chi connectivity index (χ1v) is 6.95. The number of nitro groups is 1. The van der Waals surface area contributed by atoms with Crippen molar-refractivity contribution in [1.29, 1.82) is 0 Å². The number of rotatable bonds is 5. The molecule has 0 spiro atoms. The van der Waals surface area contributed by atoms with Crippen LogP contribution in [0, 0.1) is 22.9 Å². The van der Waals surface area contributed by atoms with Gasteiger partial charge >= 0.3 is 0 Å². The SMILES string of the molecule is Cc1cc(NCCC(=O)N2CCCC2)c([N+](=O)[O-])cc1F. The fraction of sp³-hybridized carbons (Fsp3) is 0.500. The fourth-order valence-corrected chi connectivity index (χ4v) is 2.39. The Kier molecular flexibility index (Phi) is 4.72. The Morgan fingerprint density at radius 2 is 2.10 bits per heavy atom. The highest BCUT2D eigenvalue weighted by Crippen LogP contribution is 2.27. The van der Waals surface area contributed by atoms with Crippen molar-refractivity contribution in [2.45, 2.75) is 26.2 Å². The van der Waals surface area contributed by atoms with Crippen LogP contribution in [0.4, 0.5) is 15.8 Å². The highest BCUT2D eigenvalue weighted by Gasteiger charge is 2.19. The number of nitro benzene ring substituents is 1. The van der Waals surface area contributed by atoms with Crippen LogP contribution in [0.3, 0.4) is 0 Å². The second-order valence-electron chi connectivity index (χ2n) is 5.14. The summed E-state index contributed by atoms with van der Waals surface area (Å²) in [4.78, 5) is 23.9. The molecule has 0 unspecified atom stereocenters. The van der Waals surface area contributed by atoms with Crippen molar-refractivity contribution in [3.8, 4) is 0 Å². The minimum Gasteiger partial charge on any atom is -0.379 e. The molecule has 21 heavy (non-hydrogen) atoms. The molecule has 1 saturated heterocycles. The number of carbonyl (C=O) groups is 1. The molecule has 0 bridgehead atoms. The normalized spacial score (nSPS) is 14.3. The van der Waals surface area contributed by atoms with E-state index >= 15 is 0 Å². The smallest absolute Gasteiger partial charge is 0.295 e. The molecule has 1 aliphatic heterocycles. The maximum atomic E-state index is 13.4. The number of carbonyl (C=O) groups excluding carboxylic acids is 1. The van der Waals surface area contributed by atoms with E-state index < -0.39 is 10.7 Å². The van der Waals surface area contributed by atoms with Gasteiger partial charge in [0, 0.05) is 26.1 Å². The average Bonchev–Trinajstić information content (AvgIpc) is 2.96. The molecule has 1 N–H and O–H groups in total. The minimum atomic E-state index is -0.632. The van der Waals surface area contributed by atoms with Crippen LogP contribution in [-0.4, -0.2) is 35.4 Å². The lowest BCUT2D eigenvalue weighted by molar-refractivity contribution is -0.384. The summed E-state index contributed by atoms with van der Waals surface area (Å²) >= 11 is 0. The first kappa shape index (κ1) is 15.2. The zero-order chi connectivity index (χ0) is 15.4. The van der Waals surface area contributed by atoms with E-state index in [2.05, 4.69) is 5.32 Å². The van der Waals surface area contributed by atoms with Gasteiger partial charge in [-0.05, 0) is 31.4 Å². The number of nitrogens with zero attached hydrogens (tertiary/aromatic N) is 2. The summed E-state index contributed by atoms with van der Waals surface area (Å²) in [5.41, 5.74) is 0.258. The number of amides is 1. The van der Waals surface area contributed by atoms with Gasteiger partial charge < -0.3 is 10.2 Å². The number of hydrogen-bond donors (Lipinski definition) is 1. The quantitative estimate of drug-likeness (QED) is 0.669. The molecular formula is C14H18FN3O3. The molecule has 1 aromatic carbocycles. The Morgan fingerprint density at radius 1 is 1.43 bits per heavy atom. The number of nitrogens with one attached hydrogen (secondary N) is 1. The van der Waals surface area contributed by atoms with E-state index in [1.165, 1.54) is 6.07 Å². The van der Waals surface area contributed by atoms with Crippen LogP contribution in [0.5, 0.6) is 0 Å². The number of benzene rings is 1. The third-order valence-corrected chi connectivity index (χ3v) is 3.59. The summed E-state index contributed by atoms with van der Waals surface area (Å²) in [6, 6.07) is 2.30. The van der Waals surface area contributed by atoms with Crippen LogP contribution in [0.15, 0.2) is 12.1 Å². The van der Waals surface area contributed by atoms with Crippen molar-refractivity contribution in [1.82, 2.24) is 4.90 Å². The zero-order valence-corrected chi connectivity index (χ0v) is 11.9. The summed E-state index contributed by atoms with van der Waals surface area (Å²) in [7, 11) is 0. The van der Waals surface area contributed by atoms with E-state index in [9.17, 15) is 19.3 Å². The van der Waals surface area contributed by atoms with Crippen molar-refractivity contribution in [2.75, 3.05) is 25.0 Å². The van der Waals surface area contributed by atoms with E-state index in [1.807, 2.05) is 0 Å². The maximum Gasteiger partial charge on any atom is 0.295 e. The van der Waals surface area contributed by atoms with E-state index in [-0.39, 0.29) is 23.7 Å². The lowest BCUT2D eigenvalue weighted by Gasteiger charge is -2.15. The third kappa shape index (κ3) is 3.68. The molecule has 0 saturated carbocycles. The van der Waals surface area contributed by atoms with Gasteiger partial charge in [-0.3, -0.25) is 14.9 Å². The molecule has 0 aromatic heterocycles. The second kappa shape index (κ2) is 6.51. The highest BCUT2D eigenvalue weighted by atomic mass is 19.1. The van der Waals surface area contributed by atoms with E-state index in [0.29, 0.717) is 12.1 Å². The van der Waals surface area contributed by atoms with Crippen molar-refractivity contribution in [3.05, 3.63) is 33.6 Å². The van der Waals surface area contributed by atoms with Crippen molar-refractivity contribution >= 4 is 17.3 Å². The molecular weight excluding hydrogens is 277 g/mol. The average molecular weight is 295 g/mol. The monoisotopic (exact) mass is 295 g/mol. The Bertz CT molecular complexity index is 557. The number of hydrogen-bond acceptors (Lipinski definition) is 4. The zero-order valence-electron chi connectivity index (χ0n) is 11.9. The molecule has 1 amide bonds. The van der Waals surface area contributed by atoms with Gasteiger partial charge in [0.2, 0.25) is 5.91 Å². The number of halogens is 1. The largest absolute Gasteiger partial charge is 0.379 e. The van der Waals surface area contributed by atoms with Crippen molar-refractivity contribution in [2.24, 2.45) is 0 Å². The van der Waals surface area contributed by atoms with Gasteiger partial charge in [0.15, 0.2) is 0 Å². The minimum absolute atomic E-state index is 0.0430. The predicted octanol–water partition coefficient (Wildman–Crippen LogP) is 2.47. The standard InChI is InChI=1S/C14H18FN3O3/c1-10-8-12(13(18(20)21)9-11(10)15)16-5-4-14(19)17-6-2-3-7-17/h8-9,16H,2-7H2,1H3. The Labute approximate surface area is 122 Å². The molecule has 7 heteroatoms. The maximum absolute atomic E-state index is 13.4.